The zero-order valence-corrected chi connectivity index (χ0v) is 10.1. The fraction of sp³-hybridized carbons (Fsp3) is 0.333. The molecule has 0 unspecified atom stereocenters. The van der Waals surface area contributed by atoms with E-state index in [-0.39, 0.29) is 5.75 Å². The maximum Gasteiger partial charge on any atom is 0.115 e. The number of rotatable bonds is 7. The standard InChI is InChI=1S/C15H20O2/c1-3-10-15(17,11-4-2)12-9-13-5-7-14(16)8-6-13/h3-8,16-17H,1-2,9-12H2. The van der Waals surface area contributed by atoms with Gasteiger partial charge in [0.2, 0.25) is 0 Å². The minimum Gasteiger partial charge on any atom is -0.508 e. The van der Waals surface area contributed by atoms with E-state index in [0.717, 1.165) is 12.0 Å². The lowest BCUT2D eigenvalue weighted by Crippen LogP contribution is -2.27. The first kappa shape index (κ1) is 13.5. The van der Waals surface area contributed by atoms with E-state index < -0.39 is 5.60 Å². The number of aromatic hydroxyl groups is 1. The van der Waals surface area contributed by atoms with Crippen LogP contribution in [0.3, 0.4) is 0 Å². The molecule has 2 heteroatoms. The van der Waals surface area contributed by atoms with Crippen molar-refractivity contribution in [2.45, 2.75) is 31.3 Å². The molecule has 0 fully saturated rings. The number of benzene rings is 1. The first-order valence-electron chi connectivity index (χ1n) is 5.82. The Morgan fingerprint density at radius 3 is 2.06 bits per heavy atom. The van der Waals surface area contributed by atoms with Crippen molar-refractivity contribution in [3.8, 4) is 5.75 Å². The molecule has 0 aromatic heterocycles. The van der Waals surface area contributed by atoms with E-state index in [0.29, 0.717) is 19.3 Å². The maximum absolute atomic E-state index is 10.3. The summed E-state index contributed by atoms with van der Waals surface area (Å²) in [5.41, 5.74) is 0.357. The van der Waals surface area contributed by atoms with Crippen molar-refractivity contribution in [3.05, 3.63) is 55.1 Å². The number of hydrogen-bond acceptors (Lipinski definition) is 2. The smallest absolute Gasteiger partial charge is 0.115 e. The van der Waals surface area contributed by atoms with Gasteiger partial charge >= 0.3 is 0 Å². The Hall–Kier alpha value is -1.54. The van der Waals surface area contributed by atoms with Gasteiger partial charge in [-0.25, -0.2) is 0 Å². The Labute approximate surface area is 103 Å². The predicted octanol–water partition coefficient (Wildman–Crippen LogP) is 3.21. The van der Waals surface area contributed by atoms with E-state index in [1.54, 1.807) is 24.3 Å². The zero-order valence-electron chi connectivity index (χ0n) is 10.1. The van der Waals surface area contributed by atoms with E-state index in [4.69, 9.17) is 0 Å². The Bertz CT molecular complexity index is 355. The van der Waals surface area contributed by atoms with Crippen molar-refractivity contribution < 1.29 is 10.2 Å². The fourth-order valence-electron chi connectivity index (χ4n) is 1.86. The summed E-state index contributed by atoms with van der Waals surface area (Å²) in [5.74, 6) is 0.265. The van der Waals surface area contributed by atoms with Crippen molar-refractivity contribution >= 4 is 0 Å². The molecule has 17 heavy (non-hydrogen) atoms. The van der Waals surface area contributed by atoms with Crippen LogP contribution in [-0.2, 0) is 6.42 Å². The maximum atomic E-state index is 10.3. The van der Waals surface area contributed by atoms with E-state index in [2.05, 4.69) is 13.2 Å². The first-order chi connectivity index (χ1) is 8.09. The quantitative estimate of drug-likeness (QED) is 0.709. The van der Waals surface area contributed by atoms with Crippen molar-refractivity contribution in [1.82, 2.24) is 0 Å². The lowest BCUT2D eigenvalue weighted by Gasteiger charge is -2.25. The second-order valence-electron chi connectivity index (χ2n) is 4.38. The monoisotopic (exact) mass is 232 g/mol. The molecule has 1 aromatic rings. The molecule has 0 amide bonds. The zero-order chi connectivity index (χ0) is 12.7. The van der Waals surface area contributed by atoms with Crippen molar-refractivity contribution in [2.75, 3.05) is 0 Å². The molecule has 1 rings (SSSR count). The third-order valence-electron chi connectivity index (χ3n) is 2.86. The summed E-state index contributed by atoms with van der Waals surface area (Å²) < 4.78 is 0. The third-order valence-corrected chi connectivity index (χ3v) is 2.86. The number of hydrogen-bond donors (Lipinski definition) is 2. The van der Waals surface area contributed by atoms with Gasteiger partial charge in [-0.05, 0) is 43.4 Å². The molecule has 0 saturated carbocycles. The molecule has 0 atom stereocenters. The molecule has 2 N–H and O–H groups in total. The molecular formula is C15H20O2. The minimum absolute atomic E-state index is 0.265. The van der Waals surface area contributed by atoms with Gasteiger partial charge < -0.3 is 10.2 Å². The predicted molar refractivity (Wildman–Crippen MR) is 71.0 cm³/mol. The van der Waals surface area contributed by atoms with Crippen LogP contribution in [0, 0.1) is 0 Å². The van der Waals surface area contributed by atoms with Crippen molar-refractivity contribution in [2.24, 2.45) is 0 Å². The average Bonchev–Trinajstić information content (AvgIpc) is 2.29. The van der Waals surface area contributed by atoms with Gasteiger partial charge in [-0.3, -0.25) is 0 Å². The Morgan fingerprint density at radius 1 is 1.06 bits per heavy atom. The van der Waals surface area contributed by atoms with E-state index in [1.165, 1.54) is 0 Å². The minimum atomic E-state index is -0.749. The second kappa shape index (κ2) is 6.26. The van der Waals surface area contributed by atoms with E-state index in [1.807, 2.05) is 12.1 Å². The summed E-state index contributed by atoms with van der Waals surface area (Å²) in [6.45, 7) is 7.33. The van der Waals surface area contributed by atoms with Crippen LogP contribution in [0.25, 0.3) is 0 Å². The van der Waals surface area contributed by atoms with Gasteiger partial charge in [-0.1, -0.05) is 24.3 Å². The highest BCUT2D eigenvalue weighted by Crippen LogP contribution is 2.23. The van der Waals surface area contributed by atoms with Crippen LogP contribution in [0.2, 0.25) is 0 Å². The topological polar surface area (TPSA) is 40.5 Å². The first-order valence-corrected chi connectivity index (χ1v) is 5.82. The molecular weight excluding hydrogens is 212 g/mol. The number of aliphatic hydroxyl groups is 1. The Balaban J connectivity index is 2.59. The molecule has 0 saturated heterocycles. The molecule has 0 spiro atoms. The normalized spacial score (nSPS) is 11.1. The van der Waals surface area contributed by atoms with Gasteiger partial charge in [0.25, 0.3) is 0 Å². The number of aryl methyl sites for hydroxylation is 1. The summed E-state index contributed by atoms with van der Waals surface area (Å²) in [6, 6.07) is 7.07. The molecule has 2 nitrogen and oxygen atoms in total. The molecule has 0 aliphatic rings. The van der Waals surface area contributed by atoms with Gasteiger partial charge in [-0.15, -0.1) is 13.2 Å². The lowest BCUT2D eigenvalue weighted by molar-refractivity contribution is 0.0377. The lowest BCUT2D eigenvalue weighted by atomic mass is 9.88. The molecule has 0 aliphatic heterocycles. The van der Waals surface area contributed by atoms with Crippen LogP contribution in [0.15, 0.2) is 49.6 Å². The summed E-state index contributed by atoms with van der Waals surface area (Å²) in [6.07, 6.45) is 6.04. The Morgan fingerprint density at radius 2 is 1.59 bits per heavy atom. The van der Waals surface area contributed by atoms with Crippen LogP contribution in [0.1, 0.15) is 24.8 Å². The van der Waals surface area contributed by atoms with Crippen molar-refractivity contribution in [3.63, 3.8) is 0 Å². The highest BCUT2D eigenvalue weighted by Gasteiger charge is 2.23. The van der Waals surface area contributed by atoms with Gasteiger partial charge in [0.1, 0.15) is 5.75 Å². The largest absolute Gasteiger partial charge is 0.508 e. The van der Waals surface area contributed by atoms with E-state index >= 15 is 0 Å². The molecule has 1 aromatic carbocycles. The summed E-state index contributed by atoms with van der Waals surface area (Å²) in [5, 5.41) is 19.5. The van der Waals surface area contributed by atoms with E-state index in [9.17, 15) is 10.2 Å². The van der Waals surface area contributed by atoms with Gasteiger partial charge in [-0.2, -0.15) is 0 Å². The third kappa shape index (κ3) is 4.45. The summed E-state index contributed by atoms with van der Waals surface area (Å²) in [4.78, 5) is 0. The molecule has 0 bridgehead atoms. The van der Waals surface area contributed by atoms with Crippen LogP contribution >= 0.6 is 0 Å². The highest BCUT2D eigenvalue weighted by molar-refractivity contribution is 5.26. The molecule has 0 radical (unpaired) electrons. The average molecular weight is 232 g/mol. The van der Waals surface area contributed by atoms with Crippen molar-refractivity contribution in [1.29, 1.82) is 0 Å². The second-order valence-corrected chi connectivity index (χ2v) is 4.38. The highest BCUT2D eigenvalue weighted by atomic mass is 16.3. The number of phenols is 1. The molecule has 92 valence electrons. The van der Waals surface area contributed by atoms with Crippen LogP contribution < -0.4 is 0 Å². The van der Waals surface area contributed by atoms with Gasteiger partial charge in [0.15, 0.2) is 0 Å². The summed E-state index contributed by atoms with van der Waals surface area (Å²) >= 11 is 0. The van der Waals surface area contributed by atoms with Crippen LogP contribution in [0.4, 0.5) is 0 Å². The van der Waals surface area contributed by atoms with Gasteiger partial charge in [0.05, 0.1) is 5.60 Å². The fourth-order valence-corrected chi connectivity index (χ4v) is 1.86. The van der Waals surface area contributed by atoms with Gasteiger partial charge in [0, 0.05) is 0 Å². The number of phenolic OH excluding ortho intramolecular Hbond substituents is 1. The molecule has 0 heterocycles. The Kier molecular flexibility index (Phi) is 4.98. The van der Waals surface area contributed by atoms with Crippen LogP contribution in [-0.4, -0.2) is 15.8 Å². The SMILES string of the molecule is C=CCC(O)(CC=C)CCc1ccc(O)cc1. The van der Waals surface area contributed by atoms with Crippen LogP contribution in [0.5, 0.6) is 5.75 Å². The summed E-state index contributed by atoms with van der Waals surface area (Å²) in [7, 11) is 0. The molecule has 0 aliphatic carbocycles.